The molecule has 3 aliphatic rings. The first-order valence-corrected chi connectivity index (χ1v) is 11.8. The van der Waals surface area contributed by atoms with Gasteiger partial charge in [-0.2, -0.15) is 5.26 Å². The molecule has 2 fully saturated rings. The molecule has 8 nitrogen and oxygen atoms in total. The van der Waals surface area contributed by atoms with E-state index in [1.54, 1.807) is 13.2 Å². The average molecular weight is 460 g/mol. The minimum Gasteiger partial charge on any atom is -0.496 e. The van der Waals surface area contributed by atoms with E-state index in [2.05, 4.69) is 18.3 Å². The van der Waals surface area contributed by atoms with Crippen LogP contribution in [0.1, 0.15) is 59.7 Å². The SMILES string of the molecule is COc1cc(C(=O)N2CCO[C@H](C)C2)ccc1Cc1nc2c(c(NC3(C)CC3)n1)C(C#N)=CC2. The zero-order valence-corrected chi connectivity index (χ0v) is 19.9. The number of rotatable bonds is 6. The Bertz CT molecular complexity index is 1210. The lowest BCUT2D eigenvalue weighted by Crippen LogP contribution is -2.44. The number of hydrogen-bond acceptors (Lipinski definition) is 7. The highest BCUT2D eigenvalue weighted by molar-refractivity contribution is 5.95. The van der Waals surface area contributed by atoms with Crippen LogP contribution in [0.15, 0.2) is 24.3 Å². The molecule has 0 spiro atoms. The van der Waals surface area contributed by atoms with Crippen LogP contribution in [0.3, 0.4) is 0 Å². The smallest absolute Gasteiger partial charge is 0.254 e. The van der Waals surface area contributed by atoms with Crippen LogP contribution < -0.4 is 10.1 Å². The molecular formula is C26H29N5O3. The van der Waals surface area contributed by atoms with E-state index in [4.69, 9.17) is 19.4 Å². The highest BCUT2D eigenvalue weighted by atomic mass is 16.5. The molecule has 1 saturated heterocycles. The summed E-state index contributed by atoms with van der Waals surface area (Å²) in [5, 5.41) is 13.1. The van der Waals surface area contributed by atoms with Gasteiger partial charge in [-0.1, -0.05) is 12.1 Å². The molecule has 1 aromatic carbocycles. The summed E-state index contributed by atoms with van der Waals surface area (Å²) in [6.07, 6.45) is 5.20. The van der Waals surface area contributed by atoms with Crippen molar-refractivity contribution in [3.05, 3.63) is 52.5 Å². The molecule has 1 N–H and O–H groups in total. The normalized spacial score (nSPS) is 20.2. The van der Waals surface area contributed by atoms with Gasteiger partial charge in [-0.3, -0.25) is 4.79 Å². The minimum absolute atomic E-state index is 0.0203. The number of aromatic nitrogens is 2. The summed E-state index contributed by atoms with van der Waals surface area (Å²) in [7, 11) is 1.61. The highest BCUT2D eigenvalue weighted by Gasteiger charge is 2.39. The molecular weight excluding hydrogens is 430 g/mol. The van der Waals surface area contributed by atoms with Crippen LogP contribution in [-0.4, -0.2) is 59.2 Å². The van der Waals surface area contributed by atoms with Crippen molar-refractivity contribution < 1.29 is 14.3 Å². The number of anilines is 1. The molecule has 1 saturated carbocycles. The maximum atomic E-state index is 13.0. The number of allylic oxidation sites excluding steroid dienone is 2. The van der Waals surface area contributed by atoms with Crippen molar-refractivity contribution in [3.8, 4) is 11.8 Å². The second-order valence-electron chi connectivity index (χ2n) is 9.57. The molecule has 0 unspecified atom stereocenters. The lowest BCUT2D eigenvalue weighted by molar-refractivity contribution is -0.0124. The number of nitriles is 1. The van der Waals surface area contributed by atoms with Crippen LogP contribution in [0.5, 0.6) is 5.75 Å². The number of fused-ring (bicyclic) bond motifs is 1. The van der Waals surface area contributed by atoms with Gasteiger partial charge in [-0.05, 0) is 38.8 Å². The molecule has 1 amide bonds. The van der Waals surface area contributed by atoms with E-state index in [0.717, 1.165) is 35.5 Å². The first kappa shape index (κ1) is 22.4. The van der Waals surface area contributed by atoms with Crippen LogP contribution >= 0.6 is 0 Å². The maximum absolute atomic E-state index is 13.0. The van der Waals surface area contributed by atoms with Gasteiger partial charge in [0.15, 0.2) is 0 Å². The van der Waals surface area contributed by atoms with Crippen molar-refractivity contribution in [1.29, 1.82) is 5.26 Å². The topological polar surface area (TPSA) is 100 Å². The Balaban J connectivity index is 1.41. The Labute approximate surface area is 199 Å². The van der Waals surface area contributed by atoms with Gasteiger partial charge < -0.3 is 19.7 Å². The Hall–Kier alpha value is -3.44. The summed E-state index contributed by atoms with van der Waals surface area (Å²) in [5.74, 6) is 2.01. The van der Waals surface area contributed by atoms with Crippen LogP contribution in [0.4, 0.5) is 5.82 Å². The summed E-state index contributed by atoms with van der Waals surface area (Å²) in [6.45, 7) is 5.86. The van der Waals surface area contributed by atoms with Gasteiger partial charge in [0.25, 0.3) is 5.91 Å². The van der Waals surface area contributed by atoms with Crippen LogP contribution in [0.2, 0.25) is 0 Å². The lowest BCUT2D eigenvalue weighted by Gasteiger charge is -2.31. The zero-order chi connectivity index (χ0) is 23.9. The molecule has 0 bridgehead atoms. The molecule has 176 valence electrons. The predicted octanol–water partition coefficient (Wildman–Crippen LogP) is 3.36. The molecule has 1 aliphatic heterocycles. The largest absolute Gasteiger partial charge is 0.496 e. The Morgan fingerprint density at radius 1 is 1.38 bits per heavy atom. The summed E-state index contributed by atoms with van der Waals surface area (Å²) < 4.78 is 11.2. The third-order valence-corrected chi connectivity index (χ3v) is 6.75. The third-order valence-electron chi connectivity index (χ3n) is 6.75. The minimum atomic E-state index is -0.0203. The van der Waals surface area contributed by atoms with Crippen LogP contribution in [0.25, 0.3) is 5.57 Å². The fraction of sp³-hybridized carbons (Fsp3) is 0.462. The summed E-state index contributed by atoms with van der Waals surface area (Å²) in [4.78, 5) is 24.4. The molecule has 34 heavy (non-hydrogen) atoms. The van der Waals surface area contributed by atoms with Crippen LogP contribution in [0, 0.1) is 11.3 Å². The second-order valence-corrected chi connectivity index (χ2v) is 9.57. The van der Waals surface area contributed by atoms with Gasteiger partial charge in [0, 0.05) is 42.6 Å². The molecule has 8 heteroatoms. The number of carbonyl (C=O) groups excluding carboxylic acids is 1. The lowest BCUT2D eigenvalue weighted by atomic mass is 10.0. The van der Waals surface area contributed by atoms with Gasteiger partial charge in [0.05, 0.1) is 42.7 Å². The summed E-state index contributed by atoms with van der Waals surface area (Å²) >= 11 is 0. The van der Waals surface area contributed by atoms with E-state index >= 15 is 0 Å². The number of nitrogens with one attached hydrogen (secondary N) is 1. The molecule has 2 heterocycles. The number of nitrogens with zero attached hydrogens (tertiary/aromatic N) is 4. The number of morpholine rings is 1. The number of ether oxygens (including phenoxy) is 2. The second kappa shape index (κ2) is 8.73. The van der Waals surface area contributed by atoms with Gasteiger partial charge >= 0.3 is 0 Å². The van der Waals surface area contributed by atoms with Crippen molar-refractivity contribution in [2.75, 3.05) is 32.1 Å². The monoisotopic (exact) mass is 459 g/mol. The highest BCUT2D eigenvalue weighted by Crippen LogP contribution is 2.41. The fourth-order valence-electron chi connectivity index (χ4n) is 4.54. The number of amides is 1. The first-order valence-electron chi connectivity index (χ1n) is 11.8. The third kappa shape index (κ3) is 4.36. The standard InChI is InChI=1S/C26H29N5O3/c1-16-15-31(10-11-34-16)25(32)18-5-4-17(21(12-18)33-3)13-22-28-20-7-6-19(14-27)23(20)24(29-22)30-26(2)8-9-26/h4-6,12,16H,7-11,13,15H2,1-3H3,(H,28,29,30)/t16-/m1/s1. The van der Waals surface area contributed by atoms with Gasteiger partial charge in [-0.25, -0.2) is 9.97 Å². The van der Waals surface area contributed by atoms with Gasteiger partial charge in [-0.15, -0.1) is 0 Å². The van der Waals surface area contributed by atoms with Crippen molar-refractivity contribution in [2.24, 2.45) is 0 Å². The van der Waals surface area contributed by atoms with Crippen molar-refractivity contribution in [2.45, 2.75) is 51.2 Å². The van der Waals surface area contributed by atoms with E-state index in [0.29, 0.717) is 55.2 Å². The molecule has 1 atom stereocenters. The fourth-order valence-corrected chi connectivity index (χ4v) is 4.54. The molecule has 0 radical (unpaired) electrons. The average Bonchev–Trinajstić information content (AvgIpc) is 3.40. The summed E-state index contributed by atoms with van der Waals surface area (Å²) in [5.41, 5.74) is 3.86. The number of carbonyl (C=O) groups is 1. The van der Waals surface area contributed by atoms with E-state index in [1.807, 2.05) is 30.0 Å². The van der Waals surface area contributed by atoms with Gasteiger partial charge in [0.1, 0.15) is 17.4 Å². The molecule has 5 rings (SSSR count). The number of methoxy groups -OCH3 is 1. The van der Waals surface area contributed by atoms with Gasteiger partial charge in [0.2, 0.25) is 0 Å². The number of benzene rings is 1. The maximum Gasteiger partial charge on any atom is 0.254 e. The quantitative estimate of drug-likeness (QED) is 0.707. The number of hydrogen-bond donors (Lipinski definition) is 1. The Morgan fingerprint density at radius 2 is 2.21 bits per heavy atom. The molecule has 2 aliphatic carbocycles. The first-order chi connectivity index (χ1) is 16.4. The van der Waals surface area contributed by atoms with Crippen LogP contribution in [-0.2, 0) is 17.6 Å². The van der Waals surface area contributed by atoms with E-state index < -0.39 is 0 Å². The Kier molecular flexibility index (Phi) is 5.74. The van der Waals surface area contributed by atoms with Crippen molar-refractivity contribution in [3.63, 3.8) is 0 Å². The van der Waals surface area contributed by atoms with E-state index in [9.17, 15) is 10.1 Å². The van der Waals surface area contributed by atoms with E-state index in [-0.39, 0.29) is 17.6 Å². The summed E-state index contributed by atoms with van der Waals surface area (Å²) in [6, 6.07) is 7.83. The van der Waals surface area contributed by atoms with Crippen molar-refractivity contribution >= 4 is 17.3 Å². The van der Waals surface area contributed by atoms with Crippen molar-refractivity contribution in [1.82, 2.24) is 14.9 Å². The van der Waals surface area contributed by atoms with E-state index in [1.165, 1.54) is 0 Å². The predicted molar refractivity (Wildman–Crippen MR) is 128 cm³/mol. The zero-order valence-electron chi connectivity index (χ0n) is 19.9. The molecule has 2 aromatic rings. The molecule has 1 aromatic heterocycles. The Morgan fingerprint density at radius 3 is 2.91 bits per heavy atom.